The summed E-state index contributed by atoms with van der Waals surface area (Å²) in [6, 6.07) is 0. The molecule has 2 nitrogen and oxygen atoms in total. The second-order valence-electron chi connectivity index (χ2n) is 5.77. The quantitative estimate of drug-likeness (QED) is 0.744. The van der Waals surface area contributed by atoms with Crippen LogP contribution in [0.4, 0.5) is 0 Å². The Morgan fingerprint density at radius 2 is 2.07 bits per heavy atom. The maximum Gasteiger partial charge on any atom is 0.0649 e. The summed E-state index contributed by atoms with van der Waals surface area (Å²) in [7, 11) is 0. The molecule has 3 fully saturated rings. The highest BCUT2D eigenvalue weighted by molar-refractivity contribution is 5.04. The summed E-state index contributed by atoms with van der Waals surface area (Å²) < 4.78 is 5.77. The lowest BCUT2D eigenvalue weighted by Crippen LogP contribution is -2.49. The molecular weight excluding hydrogens is 174 g/mol. The third-order valence-corrected chi connectivity index (χ3v) is 4.44. The summed E-state index contributed by atoms with van der Waals surface area (Å²) in [4.78, 5) is 0. The van der Waals surface area contributed by atoms with Crippen LogP contribution in [0.25, 0.3) is 0 Å². The van der Waals surface area contributed by atoms with E-state index in [1.54, 1.807) is 0 Å². The summed E-state index contributed by atoms with van der Waals surface area (Å²) in [5, 5.41) is 0. The summed E-state index contributed by atoms with van der Waals surface area (Å²) >= 11 is 0. The molecule has 0 aliphatic heterocycles. The molecule has 0 aromatic rings. The van der Waals surface area contributed by atoms with Crippen LogP contribution >= 0.6 is 0 Å². The van der Waals surface area contributed by atoms with Gasteiger partial charge in [0, 0.05) is 12.1 Å². The zero-order valence-corrected chi connectivity index (χ0v) is 8.87. The molecule has 14 heavy (non-hydrogen) atoms. The van der Waals surface area contributed by atoms with Crippen LogP contribution in [0, 0.1) is 17.8 Å². The van der Waals surface area contributed by atoms with Gasteiger partial charge in [-0.25, -0.2) is 0 Å². The predicted octanol–water partition coefficient (Wildman–Crippen LogP) is 1.93. The largest absolute Gasteiger partial charge is 0.379 e. The average molecular weight is 195 g/mol. The van der Waals surface area contributed by atoms with E-state index in [9.17, 15) is 0 Å². The summed E-state index contributed by atoms with van der Waals surface area (Å²) in [6.45, 7) is 1.79. The van der Waals surface area contributed by atoms with E-state index in [0.29, 0.717) is 0 Å². The zero-order chi connectivity index (χ0) is 9.60. The average Bonchev–Trinajstić information content (AvgIpc) is 2.75. The van der Waals surface area contributed by atoms with Crippen LogP contribution in [0.15, 0.2) is 0 Å². The standard InChI is InChI=1S/C12H21NO/c13-12(8-14-7-9-1-2-9)6-10-3-4-11(12)5-10/h9-11H,1-8,13H2. The molecule has 3 atom stereocenters. The molecule has 3 aliphatic rings. The van der Waals surface area contributed by atoms with E-state index in [1.165, 1.54) is 38.5 Å². The van der Waals surface area contributed by atoms with Crippen molar-refractivity contribution >= 4 is 0 Å². The van der Waals surface area contributed by atoms with Gasteiger partial charge in [-0.2, -0.15) is 0 Å². The smallest absolute Gasteiger partial charge is 0.0649 e. The van der Waals surface area contributed by atoms with Crippen LogP contribution in [-0.4, -0.2) is 18.8 Å². The van der Waals surface area contributed by atoms with Gasteiger partial charge in [-0.05, 0) is 49.9 Å². The molecule has 0 aromatic carbocycles. The number of rotatable bonds is 4. The van der Waals surface area contributed by atoms with Gasteiger partial charge >= 0.3 is 0 Å². The number of ether oxygens (including phenoxy) is 1. The molecule has 2 N–H and O–H groups in total. The van der Waals surface area contributed by atoms with E-state index in [1.807, 2.05) is 0 Å². The van der Waals surface area contributed by atoms with Crippen molar-refractivity contribution in [3.05, 3.63) is 0 Å². The Kier molecular flexibility index (Phi) is 2.10. The van der Waals surface area contributed by atoms with E-state index in [2.05, 4.69) is 0 Å². The summed E-state index contributed by atoms with van der Waals surface area (Å²) in [6.07, 6.45) is 8.14. The Labute approximate surface area is 86.2 Å². The lowest BCUT2D eigenvalue weighted by Gasteiger charge is -2.33. The molecule has 3 rings (SSSR count). The van der Waals surface area contributed by atoms with Crippen molar-refractivity contribution < 1.29 is 4.74 Å². The molecule has 0 aromatic heterocycles. The molecule has 0 spiro atoms. The Balaban J connectivity index is 1.50. The van der Waals surface area contributed by atoms with E-state index < -0.39 is 0 Å². The molecular formula is C12H21NO. The van der Waals surface area contributed by atoms with Crippen molar-refractivity contribution in [3.63, 3.8) is 0 Å². The van der Waals surface area contributed by atoms with E-state index >= 15 is 0 Å². The second kappa shape index (κ2) is 3.21. The first-order chi connectivity index (χ1) is 6.76. The van der Waals surface area contributed by atoms with Gasteiger partial charge in [0.05, 0.1) is 6.61 Å². The highest BCUT2D eigenvalue weighted by Crippen LogP contribution is 2.49. The fraction of sp³-hybridized carbons (Fsp3) is 1.00. The van der Waals surface area contributed by atoms with Gasteiger partial charge in [0.1, 0.15) is 0 Å². The topological polar surface area (TPSA) is 35.2 Å². The van der Waals surface area contributed by atoms with Gasteiger partial charge in [0.2, 0.25) is 0 Å². The van der Waals surface area contributed by atoms with Gasteiger partial charge in [-0.15, -0.1) is 0 Å². The van der Waals surface area contributed by atoms with Crippen LogP contribution in [0.5, 0.6) is 0 Å². The molecule has 3 aliphatic carbocycles. The van der Waals surface area contributed by atoms with Gasteiger partial charge in [0.15, 0.2) is 0 Å². The molecule has 3 saturated carbocycles. The predicted molar refractivity (Wildman–Crippen MR) is 55.9 cm³/mol. The first-order valence-corrected chi connectivity index (χ1v) is 6.13. The summed E-state index contributed by atoms with van der Waals surface area (Å²) in [5.41, 5.74) is 6.48. The van der Waals surface area contributed by atoms with Gasteiger partial charge in [-0.1, -0.05) is 6.42 Å². The van der Waals surface area contributed by atoms with Gasteiger partial charge in [-0.3, -0.25) is 0 Å². The van der Waals surface area contributed by atoms with Gasteiger partial charge in [0.25, 0.3) is 0 Å². The Bertz CT molecular complexity index is 226. The fourth-order valence-corrected chi connectivity index (χ4v) is 3.36. The molecule has 0 amide bonds. The van der Waals surface area contributed by atoms with Crippen molar-refractivity contribution in [2.24, 2.45) is 23.5 Å². The van der Waals surface area contributed by atoms with Crippen LogP contribution < -0.4 is 5.73 Å². The maximum absolute atomic E-state index is 6.43. The van der Waals surface area contributed by atoms with Crippen LogP contribution in [0.2, 0.25) is 0 Å². The molecule has 0 radical (unpaired) electrons. The normalized spacial score (nSPS) is 46.1. The minimum absolute atomic E-state index is 0.0534. The first kappa shape index (κ1) is 9.17. The lowest BCUT2D eigenvalue weighted by atomic mass is 9.82. The zero-order valence-electron chi connectivity index (χ0n) is 8.87. The number of fused-ring (bicyclic) bond motifs is 2. The SMILES string of the molecule is NC1(COCC2CC2)CC2CCC1C2. The molecule has 2 bridgehead atoms. The highest BCUT2D eigenvalue weighted by atomic mass is 16.5. The molecule has 80 valence electrons. The van der Waals surface area contributed by atoms with E-state index in [-0.39, 0.29) is 5.54 Å². The Morgan fingerprint density at radius 3 is 2.64 bits per heavy atom. The van der Waals surface area contributed by atoms with Crippen molar-refractivity contribution in [2.75, 3.05) is 13.2 Å². The number of hydrogen-bond acceptors (Lipinski definition) is 2. The number of nitrogens with two attached hydrogens (primary N) is 1. The second-order valence-corrected chi connectivity index (χ2v) is 5.77. The van der Waals surface area contributed by atoms with Crippen LogP contribution in [0.1, 0.15) is 38.5 Å². The van der Waals surface area contributed by atoms with Crippen molar-refractivity contribution in [3.8, 4) is 0 Å². The Hall–Kier alpha value is -0.0800. The van der Waals surface area contributed by atoms with Gasteiger partial charge < -0.3 is 10.5 Å². The van der Waals surface area contributed by atoms with E-state index in [4.69, 9.17) is 10.5 Å². The van der Waals surface area contributed by atoms with Crippen molar-refractivity contribution in [2.45, 2.75) is 44.1 Å². The monoisotopic (exact) mass is 195 g/mol. The van der Waals surface area contributed by atoms with Crippen molar-refractivity contribution in [1.29, 1.82) is 0 Å². The minimum atomic E-state index is 0.0534. The summed E-state index contributed by atoms with van der Waals surface area (Å²) in [5.74, 6) is 2.57. The molecule has 0 saturated heterocycles. The van der Waals surface area contributed by atoms with Crippen LogP contribution in [-0.2, 0) is 4.74 Å². The Morgan fingerprint density at radius 1 is 1.21 bits per heavy atom. The third kappa shape index (κ3) is 1.59. The van der Waals surface area contributed by atoms with Crippen molar-refractivity contribution in [1.82, 2.24) is 0 Å². The molecule has 2 heteroatoms. The maximum atomic E-state index is 6.43. The minimum Gasteiger partial charge on any atom is -0.379 e. The fourth-order valence-electron chi connectivity index (χ4n) is 3.36. The van der Waals surface area contributed by atoms with Crippen LogP contribution in [0.3, 0.4) is 0 Å². The first-order valence-electron chi connectivity index (χ1n) is 6.13. The lowest BCUT2D eigenvalue weighted by molar-refractivity contribution is 0.0540. The van der Waals surface area contributed by atoms with E-state index in [0.717, 1.165) is 31.0 Å². The molecule has 3 unspecified atom stereocenters. The molecule has 0 heterocycles. The number of hydrogen-bond donors (Lipinski definition) is 1. The third-order valence-electron chi connectivity index (χ3n) is 4.44. The highest BCUT2D eigenvalue weighted by Gasteiger charge is 2.48.